The maximum atomic E-state index is 4.03. The molecule has 0 atom stereocenters. The van der Waals surface area contributed by atoms with Crippen LogP contribution in [0.2, 0.25) is 0 Å². The zero-order valence-electron chi connectivity index (χ0n) is 19.2. The van der Waals surface area contributed by atoms with E-state index < -0.39 is 0 Å². The van der Waals surface area contributed by atoms with Gasteiger partial charge in [-0.3, -0.25) is 0 Å². The van der Waals surface area contributed by atoms with Crippen LogP contribution in [0.3, 0.4) is 0 Å². The van der Waals surface area contributed by atoms with E-state index in [-0.39, 0.29) is 4.32 Å². The molecule has 0 aliphatic heterocycles. The molecule has 1 rings (SSSR count). The number of unbranched alkanes of at least 4 members (excludes halogenated alkanes) is 13. The molecule has 0 aliphatic carbocycles. The normalized spacial score (nSPS) is 11.9. The molecular formula is C27H47Br. The minimum atomic E-state index is 0.166. The lowest BCUT2D eigenvalue weighted by Gasteiger charge is -2.27. The number of alkyl halides is 1. The third kappa shape index (κ3) is 10.5. The minimum Gasteiger partial charge on any atom is -0.0801 e. The molecule has 0 saturated heterocycles. The van der Waals surface area contributed by atoms with Gasteiger partial charge in [-0.15, -0.1) is 0 Å². The number of benzene rings is 1. The average molecular weight is 452 g/mol. The van der Waals surface area contributed by atoms with Gasteiger partial charge in [-0.1, -0.05) is 144 Å². The van der Waals surface area contributed by atoms with Crippen molar-refractivity contribution in [3.05, 3.63) is 35.4 Å². The first-order valence-electron chi connectivity index (χ1n) is 12.4. The van der Waals surface area contributed by atoms with Crippen LogP contribution in [0, 0.1) is 0 Å². The Bertz CT molecular complexity index is 475. The quantitative estimate of drug-likeness (QED) is 0.154. The number of hydrogen-bond donors (Lipinski definition) is 0. The van der Waals surface area contributed by atoms with Crippen molar-refractivity contribution in [2.24, 2.45) is 0 Å². The summed E-state index contributed by atoms with van der Waals surface area (Å²) in [5, 5.41) is 0. The van der Waals surface area contributed by atoms with Gasteiger partial charge in [0.2, 0.25) is 0 Å². The van der Waals surface area contributed by atoms with Crippen molar-refractivity contribution in [2.45, 2.75) is 134 Å². The van der Waals surface area contributed by atoms with E-state index in [1.165, 1.54) is 102 Å². The van der Waals surface area contributed by atoms with Crippen molar-refractivity contribution in [2.75, 3.05) is 0 Å². The van der Waals surface area contributed by atoms with E-state index in [1.54, 1.807) is 5.56 Å². The fraction of sp³-hybridized carbons (Fsp3) is 0.778. The highest BCUT2D eigenvalue weighted by Crippen LogP contribution is 2.40. The van der Waals surface area contributed by atoms with Crippen LogP contribution < -0.4 is 0 Å². The Morgan fingerprint density at radius 1 is 0.607 bits per heavy atom. The molecule has 0 fully saturated rings. The molecule has 0 heterocycles. The first kappa shape index (κ1) is 25.7. The van der Waals surface area contributed by atoms with E-state index in [9.17, 15) is 0 Å². The first-order valence-corrected chi connectivity index (χ1v) is 13.2. The van der Waals surface area contributed by atoms with Crippen LogP contribution in [-0.2, 0) is 10.7 Å². The maximum absolute atomic E-state index is 4.03. The summed E-state index contributed by atoms with van der Waals surface area (Å²) in [6, 6.07) is 9.09. The topological polar surface area (TPSA) is 0 Å². The van der Waals surface area contributed by atoms with Gasteiger partial charge >= 0.3 is 0 Å². The summed E-state index contributed by atoms with van der Waals surface area (Å²) in [6.45, 7) is 6.88. The molecule has 28 heavy (non-hydrogen) atoms. The Morgan fingerprint density at radius 3 is 1.50 bits per heavy atom. The zero-order valence-corrected chi connectivity index (χ0v) is 20.8. The predicted octanol–water partition coefficient (Wildman–Crippen LogP) is 10.1. The molecule has 0 unspecified atom stereocenters. The molecule has 1 aromatic carbocycles. The highest BCUT2D eigenvalue weighted by molar-refractivity contribution is 9.09. The van der Waals surface area contributed by atoms with Gasteiger partial charge in [0.1, 0.15) is 0 Å². The van der Waals surface area contributed by atoms with Gasteiger partial charge in [0.15, 0.2) is 0 Å². The van der Waals surface area contributed by atoms with Gasteiger partial charge in [0.05, 0.1) is 4.32 Å². The standard InChI is InChI=1S/C27H47Br/c1-4-7-8-9-10-11-12-13-14-15-16-17-18-19-22-25-23-20-21-24-26(25)27(28,5-2)6-3/h20-21,23-24H,4-19,22H2,1-3H3. The Morgan fingerprint density at radius 2 is 1.04 bits per heavy atom. The second-order valence-electron chi connectivity index (χ2n) is 8.68. The SMILES string of the molecule is CCCCCCCCCCCCCCCCc1ccccc1C(Br)(CC)CC. The van der Waals surface area contributed by atoms with Crippen LogP contribution in [0.1, 0.15) is 135 Å². The Kier molecular flexibility index (Phi) is 15.2. The van der Waals surface area contributed by atoms with E-state index in [1.807, 2.05) is 0 Å². The minimum absolute atomic E-state index is 0.166. The number of hydrogen-bond acceptors (Lipinski definition) is 0. The molecule has 162 valence electrons. The Labute approximate surface area is 185 Å². The van der Waals surface area contributed by atoms with Crippen molar-refractivity contribution < 1.29 is 0 Å². The molecule has 0 radical (unpaired) electrons. The monoisotopic (exact) mass is 450 g/mol. The summed E-state index contributed by atoms with van der Waals surface area (Å²) in [7, 11) is 0. The Balaban J connectivity index is 2.07. The first-order chi connectivity index (χ1) is 13.7. The summed E-state index contributed by atoms with van der Waals surface area (Å²) in [5.74, 6) is 0. The largest absolute Gasteiger partial charge is 0.0801 e. The highest BCUT2D eigenvalue weighted by Gasteiger charge is 2.26. The van der Waals surface area contributed by atoms with Gasteiger partial charge in [0, 0.05) is 0 Å². The Hall–Kier alpha value is -0.300. The van der Waals surface area contributed by atoms with Crippen LogP contribution in [-0.4, -0.2) is 0 Å². The van der Waals surface area contributed by atoms with Crippen LogP contribution in [0.25, 0.3) is 0 Å². The maximum Gasteiger partial charge on any atom is 0.0503 e. The van der Waals surface area contributed by atoms with E-state index in [2.05, 4.69) is 61.0 Å². The van der Waals surface area contributed by atoms with Crippen molar-refractivity contribution in [1.29, 1.82) is 0 Å². The average Bonchev–Trinajstić information content (AvgIpc) is 2.73. The van der Waals surface area contributed by atoms with Gasteiger partial charge in [-0.25, -0.2) is 0 Å². The van der Waals surface area contributed by atoms with Gasteiger partial charge < -0.3 is 0 Å². The van der Waals surface area contributed by atoms with Crippen molar-refractivity contribution in [1.82, 2.24) is 0 Å². The summed E-state index contributed by atoms with van der Waals surface area (Å²) >= 11 is 4.03. The number of halogens is 1. The highest BCUT2D eigenvalue weighted by atomic mass is 79.9. The summed E-state index contributed by atoms with van der Waals surface area (Å²) in [4.78, 5) is 0. The van der Waals surface area contributed by atoms with Gasteiger partial charge in [-0.2, -0.15) is 0 Å². The second-order valence-corrected chi connectivity index (χ2v) is 10.2. The second kappa shape index (κ2) is 16.5. The third-order valence-corrected chi connectivity index (χ3v) is 7.97. The summed E-state index contributed by atoms with van der Waals surface area (Å²) < 4.78 is 0.166. The van der Waals surface area contributed by atoms with Crippen molar-refractivity contribution in [3.63, 3.8) is 0 Å². The van der Waals surface area contributed by atoms with Crippen LogP contribution in [0.5, 0.6) is 0 Å². The molecule has 0 N–H and O–H groups in total. The van der Waals surface area contributed by atoms with Crippen molar-refractivity contribution in [3.8, 4) is 0 Å². The van der Waals surface area contributed by atoms with E-state index in [4.69, 9.17) is 0 Å². The number of aryl methyl sites for hydroxylation is 1. The molecule has 1 aromatic rings. The lowest BCUT2D eigenvalue weighted by Crippen LogP contribution is -2.17. The molecule has 1 heteroatoms. The molecular weight excluding hydrogens is 404 g/mol. The lowest BCUT2D eigenvalue weighted by atomic mass is 9.88. The van der Waals surface area contributed by atoms with E-state index >= 15 is 0 Å². The smallest absolute Gasteiger partial charge is 0.0503 e. The fourth-order valence-electron chi connectivity index (χ4n) is 4.32. The fourth-order valence-corrected chi connectivity index (χ4v) is 4.70. The van der Waals surface area contributed by atoms with Crippen molar-refractivity contribution >= 4 is 15.9 Å². The van der Waals surface area contributed by atoms with Gasteiger partial charge in [0.25, 0.3) is 0 Å². The molecule has 0 nitrogen and oxygen atoms in total. The lowest BCUT2D eigenvalue weighted by molar-refractivity contribution is 0.534. The van der Waals surface area contributed by atoms with Crippen LogP contribution in [0.15, 0.2) is 24.3 Å². The predicted molar refractivity (Wildman–Crippen MR) is 132 cm³/mol. The van der Waals surface area contributed by atoms with E-state index in [0.717, 1.165) is 12.8 Å². The number of rotatable bonds is 18. The van der Waals surface area contributed by atoms with Crippen LogP contribution >= 0.6 is 15.9 Å². The summed E-state index contributed by atoms with van der Waals surface area (Å²) in [5.41, 5.74) is 3.08. The zero-order chi connectivity index (χ0) is 20.5. The van der Waals surface area contributed by atoms with Crippen LogP contribution in [0.4, 0.5) is 0 Å². The third-order valence-electron chi connectivity index (χ3n) is 6.42. The molecule has 0 spiro atoms. The summed E-state index contributed by atoms with van der Waals surface area (Å²) in [6.07, 6.45) is 23.6. The molecule has 0 aliphatic rings. The molecule has 0 amide bonds. The molecule has 0 aromatic heterocycles. The van der Waals surface area contributed by atoms with Gasteiger partial charge in [-0.05, 0) is 36.8 Å². The molecule has 0 bridgehead atoms. The molecule has 0 saturated carbocycles. The van der Waals surface area contributed by atoms with E-state index in [0.29, 0.717) is 0 Å².